The van der Waals surface area contributed by atoms with Gasteiger partial charge >= 0.3 is 5.69 Å². The van der Waals surface area contributed by atoms with Crippen molar-refractivity contribution in [2.45, 2.75) is 32.2 Å². The second kappa shape index (κ2) is 9.34. The van der Waals surface area contributed by atoms with Crippen LogP contribution in [0, 0.1) is 23.2 Å². The standard InChI is InChI=1S/C26H30N6O2/c1-29-23-7-4-20(17-27)16-24(23)32(26(29)34)18-19-2-5-21(6-3-19)25(33)31-14-12-30(13-15-31)22-8-10-28-11-9-22/h4,7-11,16,19,21H,2-3,5-6,12-15,18H2,1H3. The zero-order valence-corrected chi connectivity index (χ0v) is 19.6. The van der Waals surface area contributed by atoms with Gasteiger partial charge in [0, 0.05) is 63.8 Å². The number of benzene rings is 1. The van der Waals surface area contributed by atoms with E-state index in [1.807, 2.05) is 23.1 Å². The van der Waals surface area contributed by atoms with Crippen LogP contribution in [0.25, 0.3) is 11.0 Å². The molecular formula is C26H30N6O2. The summed E-state index contributed by atoms with van der Waals surface area (Å²) in [4.78, 5) is 34.4. The third-order valence-corrected chi connectivity index (χ3v) is 7.53. The highest BCUT2D eigenvalue weighted by Gasteiger charge is 2.31. The van der Waals surface area contributed by atoms with Crippen LogP contribution in [-0.2, 0) is 18.4 Å². The number of hydrogen-bond acceptors (Lipinski definition) is 5. The Hall–Kier alpha value is -3.60. The second-order valence-corrected chi connectivity index (χ2v) is 9.50. The van der Waals surface area contributed by atoms with Gasteiger partial charge in [0.25, 0.3) is 0 Å². The summed E-state index contributed by atoms with van der Waals surface area (Å²) in [5.41, 5.74) is 3.34. The van der Waals surface area contributed by atoms with Gasteiger partial charge in [-0.25, -0.2) is 4.79 Å². The van der Waals surface area contributed by atoms with Gasteiger partial charge in [-0.2, -0.15) is 5.26 Å². The largest absolute Gasteiger partial charge is 0.368 e. The highest BCUT2D eigenvalue weighted by atomic mass is 16.2. The Morgan fingerprint density at radius 3 is 2.41 bits per heavy atom. The summed E-state index contributed by atoms with van der Waals surface area (Å²) in [6.45, 7) is 3.84. The molecule has 176 valence electrons. The molecule has 1 aliphatic heterocycles. The molecule has 0 spiro atoms. The number of anilines is 1. The third-order valence-electron chi connectivity index (χ3n) is 7.53. The minimum absolute atomic E-state index is 0.0460. The number of carbonyl (C=O) groups excluding carboxylic acids is 1. The number of hydrogen-bond donors (Lipinski definition) is 0. The maximum atomic E-state index is 13.2. The Labute approximate surface area is 199 Å². The van der Waals surface area contributed by atoms with Crippen molar-refractivity contribution in [1.29, 1.82) is 5.26 Å². The predicted molar refractivity (Wildman–Crippen MR) is 130 cm³/mol. The van der Waals surface area contributed by atoms with E-state index in [0.717, 1.165) is 68.6 Å². The number of amides is 1. The van der Waals surface area contributed by atoms with Crippen LogP contribution in [0.2, 0.25) is 0 Å². The summed E-state index contributed by atoms with van der Waals surface area (Å²) < 4.78 is 3.46. The quantitative estimate of drug-likeness (QED) is 0.600. The molecule has 0 atom stereocenters. The van der Waals surface area contributed by atoms with E-state index < -0.39 is 0 Å². The first-order valence-corrected chi connectivity index (χ1v) is 12.1. The Bertz CT molecular complexity index is 1270. The van der Waals surface area contributed by atoms with E-state index in [1.165, 1.54) is 0 Å². The fourth-order valence-corrected chi connectivity index (χ4v) is 5.50. The van der Waals surface area contributed by atoms with Gasteiger partial charge in [-0.3, -0.25) is 18.9 Å². The molecule has 2 aromatic heterocycles. The van der Waals surface area contributed by atoms with Crippen LogP contribution < -0.4 is 10.6 Å². The number of nitrogens with zero attached hydrogens (tertiary/aromatic N) is 6. The number of pyridine rings is 1. The number of carbonyl (C=O) groups is 1. The van der Waals surface area contributed by atoms with Crippen molar-refractivity contribution in [3.8, 4) is 6.07 Å². The zero-order chi connectivity index (χ0) is 23.7. The summed E-state index contributed by atoms with van der Waals surface area (Å²) >= 11 is 0. The molecule has 2 fully saturated rings. The van der Waals surface area contributed by atoms with Crippen LogP contribution in [0.1, 0.15) is 31.2 Å². The van der Waals surface area contributed by atoms with Crippen LogP contribution in [-0.4, -0.2) is 51.1 Å². The number of aryl methyl sites for hydroxylation is 1. The van der Waals surface area contributed by atoms with E-state index >= 15 is 0 Å². The molecule has 1 saturated heterocycles. The Morgan fingerprint density at radius 1 is 1.03 bits per heavy atom. The van der Waals surface area contributed by atoms with Crippen molar-refractivity contribution >= 4 is 22.6 Å². The maximum Gasteiger partial charge on any atom is 0.328 e. The number of aromatic nitrogens is 3. The van der Waals surface area contributed by atoms with Crippen LogP contribution in [0.4, 0.5) is 5.69 Å². The van der Waals surface area contributed by atoms with Crippen molar-refractivity contribution in [1.82, 2.24) is 19.0 Å². The normalized spacial score (nSPS) is 20.9. The lowest BCUT2D eigenvalue weighted by Gasteiger charge is -2.38. The van der Waals surface area contributed by atoms with Crippen LogP contribution in [0.3, 0.4) is 0 Å². The summed E-state index contributed by atoms with van der Waals surface area (Å²) in [6, 6.07) is 11.6. The Balaban J connectivity index is 1.18. The third kappa shape index (κ3) is 4.18. The average molecular weight is 459 g/mol. The van der Waals surface area contributed by atoms with E-state index in [4.69, 9.17) is 0 Å². The molecule has 1 aliphatic carbocycles. The van der Waals surface area contributed by atoms with Gasteiger partial charge in [-0.1, -0.05) is 0 Å². The number of rotatable bonds is 4. The van der Waals surface area contributed by atoms with Crippen LogP contribution in [0.15, 0.2) is 47.5 Å². The van der Waals surface area contributed by atoms with E-state index in [9.17, 15) is 14.9 Å². The molecule has 1 saturated carbocycles. The van der Waals surface area contributed by atoms with E-state index in [-0.39, 0.29) is 17.5 Å². The molecule has 34 heavy (non-hydrogen) atoms. The van der Waals surface area contributed by atoms with Gasteiger partial charge in [0.1, 0.15) is 0 Å². The molecule has 5 rings (SSSR count). The smallest absolute Gasteiger partial charge is 0.328 e. The molecule has 8 nitrogen and oxygen atoms in total. The van der Waals surface area contributed by atoms with E-state index in [0.29, 0.717) is 18.0 Å². The molecular weight excluding hydrogens is 428 g/mol. The second-order valence-electron chi connectivity index (χ2n) is 9.50. The summed E-state index contributed by atoms with van der Waals surface area (Å²) in [5, 5.41) is 9.26. The number of nitriles is 1. The molecule has 1 amide bonds. The highest BCUT2D eigenvalue weighted by molar-refractivity contribution is 5.79. The number of fused-ring (bicyclic) bond motifs is 1. The minimum Gasteiger partial charge on any atom is -0.368 e. The molecule has 0 radical (unpaired) electrons. The van der Waals surface area contributed by atoms with Gasteiger partial charge < -0.3 is 9.80 Å². The molecule has 0 N–H and O–H groups in total. The Morgan fingerprint density at radius 2 is 1.74 bits per heavy atom. The van der Waals surface area contributed by atoms with Crippen molar-refractivity contribution < 1.29 is 4.79 Å². The first-order chi connectivity index (χ1) is 16.5. The lowest BCUT2D eigenvalue weighted by Crippen LogP contribution is -2.50. The van der Waals surface area contributed by atoms with Gasteiger partial charge in [0.15, 0.2) is 0 Å². The van der Waals surface area contributed by atoms with Crippen molar-refractivity contribution in [3.05, 3.63) is 58.8 Å². The molecule has 3 heterocycles. The molecule has 1 aromatic carbocycles. The van der Waals surface area contributed by atoms with E-state index in [1.54, 1.807) is 40.7 Å². The first kappa shape index (κ1) is 22.2. The molecule has 0 bridgehead atoms. The SMILES string of the molecule is Cn1c(=O)n(CC2CCC(C(=O)N3CCN(c4ccncc4)CC3)CC2)c2cc(C#N)ccc21. The monoisotopic (exact) mass is 458 g/mol. The average Bonchev–Trinajstić information content (AvgIpc) is 3.13. The van der Waals surface area contributed by atoms with Crippen molar-refractivity contribution in [2.24, 2.45) is 18.9 Å². The van der Waals surface area contributed by atoms with Crippen molar-refractivity contribution in [2.75, 3.05) is 31.1 Å². The fraction of sp³-hybridized carbons (Fsp3) is 0.462. The zero-order valence-electron chi connectivity index (χ0n) is 19.6. The number of imidazole rings is 1. The van der Waals surface area contributed by atoms with Crippen LogP contribution >= 0.6 is 0 Å². The topological polar surface area (TPSA) is 87.2 Å². The van der Waals surface area contributed by atoms with Crippen LogP contribution in [0.5, 0.6) is 0 Å². The van der Waals surface area contributed by atoms with Gasteiger partial charge in [0.05, 0.1) is 22.7 Å². The molecule has 3 aromatic rings. The van der Waals surface area contributed by atoms with E-state index in [2.05, 4.69) is 16.0 Å². The predicted octanol–water partition coefficient (Wildman–Crippen LogP) is 2.76. The summed E-state index contributed by atoms with van der Waals surface area (Å²) in [6.07, 6.45) is 7.23. The lowest BCUT2D eigenvalue weighted by molar-refractivity contribution is -0.137. The molecule has 0 unspecified atom stereocenters. The lowest BCUT2D eigenvalue weighted by atomic mass is 9.81. The van der Waals surface area contributed by atoms with Gasteiger partial charge in [-0.05, 0) is 61.9 Å². The van der Waals surface area contributed by atoms with Gasteiger partial charge in [0.2, 0.25) is 5.91 Å². The first-order valence-electron chi connectivity index (χ1n) is 12.1. The van der Waals surface area contributed by atoms with Gasteiger partial charge in [-0.15, -0.1) is 0 Å². The fourth-order valence-electron chi connectivity index (χ4n) is 5.50. The molecule has 8 heteroatoms. The number of piperazine rings is 1. The highest BCUT2D eigenvalue weighted by Crippen LogP contribution is 2.32. The molecule has 2 aliphatic rings. The summed E-state index contributed by atoms with van der Waals surface area (Å²) in [5.74, 6) is 0.730. The minimum atomic E-state index is -0.0460. The maximum absolute atomic E-state index is 13.2. The Kier molecular flexibility index (Phi) is 6.10. The summed E-state index contributed by atoms with van der Waals surface area (Å²) in [7, 11) is 1.78. The van der Waals surface area contributed by atoms with Crippen molar-refractivity contribution in [3.63, 3.8) is 0 Å².